The third-order valence-corrected chi connectivity index (χ3v) is 5.99. The van der Waals surface area contributed by atoms with Gasteiger partial charge in [-0.15, -0.1) is 0 Å². The quantitative estimate of drug-likeness (QED) is 0.348. The first-order valence-electron chi connectivity index (χ1n) is 9.97. The summed E-state index contributed by atoms with van der Waals surface area (Å²) in [7, 11) is 0. The molecular weight excluding hydrogens is 418 g/mol. The van der Waals surface area contributed by atoms with Gasteiger partial charge in [-0.05, 0) is 24.6 Å². The van der Waals surface area contributed by atoms with Crippen LogP contribution in [0.3, 0.4) is 0 Å². The number of para-hydroxylation sites is 1. The zero-order valence-corrected chi connectivity index (χ0v) is 17.2. The predicted octanol–water partition coefficient (Wildman–Crippen LogP) is 2.43. The summed E-state index contributed by atoms with van der Waals surface area (Å²) in [6, 6.07) is 10.3. The predicted molar refractivity (Wildman–Crippen MR) is 110 cm³/mol. The number of nitrogens with zero attached hydrogens (tertiary/aromatic N) is 3. The van der Waals surface area contributed by atoms with E-state index in [1.54, 1.807) is 37.3 Å². The summed E-state index contributed by atoms with van der Waals surface area (Å²) >= 11 is 0. The highest BCUT2D eigenvalue weighted by Crippen LogP contribution is 2.44. The van der Waals surface area contributed by atoms with Crippen LogP contribution in [0.1, 0.15) is 43.1 Å². The number of cyclic esters (lactones) is 1. The first-order valence-corrected chi connectivity index (χ1v) is 9.97. The van der Waals surface area contributed by atoms with Gasteiger partial charge in [0.1, 0.15) is 6.61 Å². The van der Waals surface area contributed by atoms with Crippen molar-refractivity contribution in [2.45, 2.75) is 38.6 Å². The van der Waals surface area contributed by atoms with E-state index in [9.17, 15) is 24.5 Å². The van der Waals surface area contributed by atoms with Gasteiger partial charge in [0.05, 0.1) is 33.0 Å². The van der Waals surface area contributed by atoms with Crippen LogP contribution in [0.15, 0.2) is 41.2 Å². The highest BCUT2D eigenvalue weighted by molar-refractivity contribution is 5.88. The Balaban J connectivity index is 1.87. The zero-order chi connectivity index (χ0) is 22.8. The minimum Gasteiger partial charge on any atom is -0.457 e. The fraction of sp³-hybridized carbons (Fsp3) is 0.273. The maximum Gasteiger partial charge on any atom is 0.355 e. The molecule has 0 spiro atoms. The number of ether oxygens (including phenoxy) is 2. The molecule has 10 nitrogen and oxygen atoms in total. The van der Waals surface area contributed by atoms with E-state index >= 15 is 0 Å². The molecule has 1 unspecified atom stereocenters. The van der Waals surface area contributed by atoms with Crippen molar-refractivity contribution >= 4 is 22.8 Å². The van der Waals surface area contributed by atoms with Gasteiger partial charge in [0.2, 0.25) is 5.60 Å². The molecule has 162 valence electrons. The Morgan fingerprint density at radius 2 is 2.09 bits per heavy atom. The summed E-state index contributed by atoms with van der Waals surface area (Å²) in [6.45, 7) is 2.42. The molecule has 2 atom stereocenters. The molecule has 0 radical (unpaired) electrons. The van der Waals surface area contributed by atoms with Crippen LogP contribution in [-0.2, 0) is 31.3 Å². The lowest BCUT2D eigenvalue weighted by Crippen LogP contribution is -2.47. The fourth-order valence-corrected chi connectivity index (χ4v) is 4.58. The number of nitro groups is 1. The molecule has 0 fully saturated rings. The summed E-state index contributed by atoms with van der Waals surface area (Å²) in [5.41, 5.74) is -0.930. The summed E-state index contributed by atoms with van der Waals surface area (Å²) in [4.78, 5) is 54.1. The van der Waals surface area contributed by atoms with Crippen molar-refractivity contribution in [3.05, 3.63) is 73.6 Å². The Morgan fingerprint density at radius 1 is 1.34 bits per heavy atom. The number of benzene rings is 1. The molecule has 2 aliphatic heterocycles. The second-order valence-electron chi connectivity index (χ2n) is 7.73. The van der Waals surface area contributed by atoms with Crippen LogP contribution in [-0.4, -0.2) is 26.4 Å². The van der Waals surface area contributed by atoms with Crippen LogP contribution in [0.5, 0.6) is 0 Å². The molecule has 1 aromatic carbocycles. The van der Waals surface area contributed by atoms with Crippen molar-refractivity contribution in [3.63, 3.8) is 0 Å². The third kappa shape index (κ3) is 2.52. The number of aromatic nitrogens is 2. The molecule has 2 aromatic heterocycles. The molecule has 5 rings (SSSR count). The minimum absolute atomic E-state index is 0.0258. The lowest BCUT2D eigenvalue weighted by atomic mass is 9.85. The summed E-state index contributed by atoms with van der Waals surface area (Å²) in [5.74, 6) is -1.51. The van der Waals surface area contributed by atoms with Crippen molar-refractivity contribution in [1.29, 1.82) is 0 Å². The van der Waals surface area contributed by atoms with Crippen LogP contribution in [0.25, 0.3) is 22.3 Å². The van der Waals surface area contributed by atoms with Crippen molar-refractivity contribution in [2.75, 3.05) is 0 Å². The maximum absolute atomic E-state index is 13.5. The maximum atomic E-state index is 13.5. The Labute approximate surface area is 180 Å². The van der Waals surface area contributed by atoms with E-state index in [1.807, 2.05) is 0 Å². The molecule has 10 heteroatoms. The number of hydrogen-bond acceptors (Lipinski definition) is 8. The average Bonchev–Trinajstić information content (AvgIpc) is 3.08. The SMILES string of the molecule is CC[C@@]1(OC(C)=O)C(=O)OCc2c1cc1n(c2=O)C([N+](=O)[O-])c2cc3ccccc3nc2-1. The molecule has 0 N–H and O–H groups in total. The van der Waals surface area contributed by atoms with E-state index in [-0.39, 0.29) is 41.1 Å². The topological polar surface area (TPSA) is 131 Å². The van der Waals surface area contributed by atoms with Crippen molar-refractivity contribution in [3.8, 4) is 11.4 Å². The largest absolute Gasteiger partial charge is 0.457 e. The number of carbonyl (C=O) groups excluding carboxylic acids is 2. The molecule has 0 saturated heterocycles. The lowest BCUT2D eigenvalue weighted by Gasteiger charge is -2.35. The van der Waals surface area contributed by atoms with Crippen LogP contribution >= 0.6 is 0 Å². The first-order chi connectivity index (χ1) is 15.3. The third-order valence-electron chi connectivity index (χ3n) is 5.99. The van der Waals surface area contributed by atoms with Gasteiger partial charge in [0, 0.05) is 17.9 Å². The van der Waals surface area contributed by atoms with Gasteiger partial charge in [-0.2, -0.15) is 0 Å². The molecule has 2 aliphatic rings. The number of pyridine rings is 2. The van der Waals surface area contributed by atoms with Gasteiger partial charge < -0.3 is 9.47 Å². The van der Waals surface area contributed by atoms with E-state index < -0.39 is 34.2 Å². The molecule has 0 saturated carbocycles. The molecular formula is C22H17N3O7. The van der Waals surface area contributed by atoms with Gasteiger partial charge in [-0.3, -0.25) is 19.7 Å². The van der Waals surface area contributed by atoms with Gasteiger partial charge in [-0.1, -0.05) is 25.1 Å². The second-order valence-corrected chi connectivity index (χ2v) is 7.73. The number of hydrogen-bond donors (Lipinski definition) is 0. The zero-order valence-electron chi connectivity index (χ0n) is 17.2. The van der Waals surface area contributed by atoms with Gasteiger partial charge >= 0.3 is 18.1 Å². The van der Waals surface area contributed by atoms with Gasteiger partial charge in [-0.25, -0.2) is 14.3 Å². The van der Waals surface area contributed by atoms with E-state index in [2.05, 4.69) is 4.98 Å². The molecule has 32 heavy (non-hydrogen) atoms. The Morgan fingerprint density at radius 3 is 2.78 bits per heavy atom. The van der Waals surface area contributed by atoms with Crippen LogP contribution in [0, 0.1) is 10.1 Å². The summed E-state index contributed by atoms with van der Waals surface area (Å²) < 4.78 is 11.6. The molecule has 4 heterocycles. The van der Waals surface area contributed by atoms with Crippen LogP contribution in [0.2, 0.25) is 0 Å². The summed E-state index contributed by atoms with van der Waals surface area (Å²) in [6.07, 6.45) is -1.45. The molecule has 0 bridgehead atoms. The Bertz CT molecular complexity index is 1410. The number of carbonyl (C=O) groups is 2. The van der Waals surface area contributed by atoms with Crippen LogP contribution < -0.4 is 5.56 Å². The molecule has 3 aromatic rings. The van der Waals surface area contributed by atoms with E-state index in [0.29, 0.717) is 10.9 Å². The highest BCUT2D eigenvalue weighted by Gasteiger charge is 2.51. The van der Waals surface area contributed by atoms with Crippen LogP contribution in [0.4, 0.5) is 0 Å². The number of rotatable bonds is 3. The Kier molecular flexibility index (Phi) is 4.16. The molecule has 0 amide bonds. The van der Waals surface area contributed by atoms with E-state index in [1.165, 1.54) is 6.07 Å². The second kappa shape index (κ2) is 6.71. The standard InChI is InChI=1S/C22H17N3O7/c1-3-22(32-11(2)26)15-9-17-18-13(8-12-6-4-5-7-16(12)23-18)19(25(29)30)24(17)20(27)14(15)10-31-21(22)28/h4-9,19H,3,10H2,1-2H3/t19?,22-/m0/s1. The van der Waals surface area contributed by atoms with Crippen molar-refractivity contribution in [2.24, 2.45) is 0 Å². The van der Waals surface area contributed by atoms with Crippen molar-refractivity contribution in [1.82, 2.24) is 9.55 Å². The lowest BCUT2D eigenvalue weighted by molar-refractivity contribution is -0.534. The molecule has 0 aliphatic carbocycles. The van der Waals surface area contributed by atoms with Gasteiger partial charge in [0.25, 0.3) is 5.56 Å². The monoisotopic (exact) mass is 435 g/mol. The van der Waals surface area contributed by atoms with E-state index in [0.717, 1.165) is 11.5 Å². The average molecular weight is 435 g/mol. The van der Waals surface area contributed by atoms with Crippen molar-refractivity contribution < 1.29 is 24.0 Å². The van der Waals surface area contributed by atoms with E-state index in [4.69, 9.17) is 9.47 Å². The Hall–Kier alpha value is -4.08. The first kappa shape index (κ1) is 19.9. The smallest absolute Gasteiger partial charge is 0.355 e. The highest BCUT2D eigenvalue weighted by atomic mass is 16.6. The minimum atomic E-state index is -1.81. The fourth-order valence-electron chi connectivity index (χ4n) is 4.58. The van der Waals surface area contributed by atoms with Gasteiger partial charge in [0.15, 0.2) is 0 Å². The summed E-state index contributed by atoms with van der Waals surface area (Å²) in [5, 5.41) is 12.7. The number of esters is 2. The normalized spacial score (nSPS) is 20.8. The number of fused-ring (bicyclic) bond motifs is 5.